The third-order valence-electron chi connectivity index (χ3n) is 4.05. The molecule has 0 aromatic carbocycles. The Bertz CT molecular complexity index is 391. The molecule has 21 heavy (non-hydrogen) atoms. The molecule has 1 aliphatic heterocycles. The molecular weight excluding hydrogens is 289 g/mol. The molecule has 0 spiro atoms. The van der Waals surface area contributed by atoms with Crippen molar-refractivity contribution in [3.63, 3.8) is 0 Å². The molecule has 0 radical (unpaired) electrons. The van der Waals surface area contributed by atoms with E-state index in [1.807, 2.05) is 0 Å². The SMILES string of the molecule is CCC1(C(=O)O)CCN(C(=O)NC(C)CC(F)(F)F)CC1. The standard InChI is InChI=1S/C13H21F3N2O3/c1-3-12(10(19)20)4-6-18(7-5-12)11(21)17-9(2)8-13(14,15)16/h9H,3-8H2,1-2H3,(H,17,21)(H,19,20). The lowest BCUT2D eigenvalue weighted by Crippen LogP contribution is -2.51. The van der Waals surface area contributed by atoms with Crippen LogP contribution in [0.25, 0.3) is 0 Å². The summed E-state index contributed by atoms with van der Waals surface area (Å²) in [7, 11) is 0. The first-order chi connectivity index (χ1) is 9.59. The van der Waals surface area contributed by atoms with Gasteiger partial charge in [0.15, 0.2) is 0 Å². The molecule has 2 amide bonds. The summed E-state index contributed by atoms with van der Waals surface area (Å²) in [4.78, 5) is 24.5. The molecule has 1 fully saturated rings. The molecule has 0 bridgehead atoms. The van der Waals surface area contributed by atoms with Gasteiger partial charge in [-0.2, -0.15) is 13.2 Å². The number of carboxylic acid groups (broad SMARTS) is 1. The topological polar surface area (TPSA) is 69.6 Å². The fourth-order valence-electron chi connectivity index (χ4n) is 2.56. The minimum Gasteiger partial charge on any atom is -0.481 e. The largest absolute Gasteiger partial charge is 0.481 e. The highest BCUT2D eigenvalue weighted by Crippen LogP contribution is 2.35. The van der Waals surface area contributed by atoms with E-state index in [1.54, 1.807) is 6.92 Å². The van der Waals surface area contributed by atoms with E-state index in [1.165, 1.54) is 11.8 Å². The Morgan fingerprint density at radius 3 is 2.24 bits per heavy atom. The van der Waals surface area contributed by atoms with Crippen molar-refractivity contribution in [2.24, 2.45) is 5.41 Å². The van der Waals surface area contributed by atoms with Crippen LogP contribution >= 0.6 is 0 Å². The van der Waals surface area contributed by atoms with Gasteiger partial charge in [-0.25, -0.2) is 4.79 Å². The molecule has 0 aliphatic carbocycles. The summed E-state index contributed by atoms with van der Waals surface area (Å²) in [5.41, 5.74) is -0.825. The van der Waals surface area contributed by atoms with Crippen LogP contribution in [-0.2, 0) is 4.79 Å². The van der Waals surface area contributed by atoms with E-state index in [9.17, 15) is 27.9 Å². The first kappa shape index (κ1) is 17.6. The molecule has 1 unspecified atom stereocenters. The molecule has 1 saturated heterocycles. The average molecular weight is 310 g/mol. The summed E-state index contributed by atoms with van der Waals surface area (Å²) in [6.07, 6.45) is -4.29. The number of amides is 2. The Labute approximate surface area is 121 Å². The lowest BCUT2D eigenvalue weighted by molar-refractivity contribution is -0.152. The Morgan fingerprint density at radius 2 is 1.86 bits per heavy atom. The van der Waals surface area contributed by atoms with Crippen LogP contribution in [0.2, 0.25) is 0 Å². The van der Waals surface area contributed by atoms with Gasteiger partial charge < -0.3 is 15.3 Å². The van der Waals surface area contributed by atoms with E-state index in [4.69, 9.17) is 0 Å². The number of piperidine rings is 1. The molecule has 2 N–H and O–H groups in total. The Morgan fingerprint density at radius 1 is 1.33 bits per heavy atom. The number of nitrogens with zero attached hydrogens (tertiary/aromatic N) is 1. The van der Waals surface area contributed by atoms with Gasteiger partial charge in [-0.1, -0.05) is 6.92 Å². The zero-order valence-electron chi connectivity index (χ0n) is 12.2. The van der Waals surface area contributed by atoms with E-state index < -0.39 is 36.1 Å². The second kappa shape index (κ2) is 6.53. The summed E-state index contributed by atoms with van der Waals surface area (Å²) in [5.74, 6) is -0.879. The number of carbonyl (C=O) groups is 2. The highest BCUT2D eigenvalue weighted by Gasteiger charge is 2.41. The van der Waals surface area contributed by atoms with Gasteiger partial charge in [0.1, 0.15) is 0 Å². The molecule has 0 aromatic heterocycles. The number of hydrogen-bond acceptors (Lipinski definition) is 2. The predicted octanol–water partition coefficient (Wildman–Crippen LogP) is 2.61. The van der Waals surface area contributed by atoms with Gasteiger partial charge in [0, 0.05) is 19.1 Å². The normalized spacial score (nSPS) is 20.0. The van der Waals surface area contributed by atoms with Crippen LogP contribution in [0.15, 0.2) is 0 Å². The van der Waals surface area contributed by atoms with Crippen molar-refractivity contribution in [3.05, 3.63) is 0 Å². The van der Waals surface area contributed by atoms with Crippen LogP contribution in [0.1, 0.15) is 39.5 Å². The maximum atomic E-state index is 12.2. The number of carbonyl (C=O) groups excluding carboxylic acids is 1. The number of aliphatic carboxylic acids is 1. The second-order valence-corrected chi connectivity index (χ2v) is 5.60. The van der Waals surface area contributed by atoms with E-state index in [0.717, 1.165) is 0 Å². The lowest BCUT2D eigenvalue weighted by Gasteiger charge is -2.38. The number of likely N-dealkylation sites (tertiary alicyclic amines) is 1. The van der Waals surface area contributed by atoms with E-state index in [0.29, 0.717) is 19.3 Å². The number of hydrogen-bond donors (Lipinski definition) is 2. The molecule has 8 heteroatoms. The maximum Gasteiger partial charge on any atom is 0.391 e. The van der Waals surface area contributed by atoms with Crippen molar-refractivity contribution in [2.75, 3.05) is 13.1 Å². The van der Waals surface area contributed by atoms with Crippen molar-refractivity contribution in [1.29, 1.82) is 0 Å². The zero-order chi connectivity index (χ0) is 16.3. The summed E-state index contributed by atoms with van der Waals surface area (Å²) in [6.45, 7) is 3.56. The van der Waals surface area contributed by atoms with Gasteiger partial charge in [-0.3, -0.25) is 4.79 Å². The third kappa shape index (κ3) is 4.78. The molecule has 1 atom stereocenters. The van der Waals surface area contributed by atoms with E-state index in [2.05, 4.69) is 5.32 Å². The smallest absolute Gasteiger partial charge is 0.391 e. The average Bonchev–Trinajstić information content (AvgIpc) is 2.36. The molecule has 5 nitrogen and oxygen atoms in total. The van der Waals surface area contributed by atoms with Crippen LogP contribution in [0.3, 0.4) is 0 Å². The molecule has 1 heterocycles. The van der Waals surface area contributed by atoms with Gasteiger partial charge in [0.05, 0.1) is 11.8 Å². The van der Waals surface area contributed by atoms with Crippen LogP contribution < -0.4 is 5.32 Å². The summed E-state index contributed by atoms with van der Waals surface area (Å²) in [5, 5.41) is 11.5. The summed E-state index contributed by atoms with van der Waals surface area (Å²) in [6, 6.07) is -1.57. The van der Waals surface area contributed by atoms with Gasteiger partial charge in [0.2, 0.25) is 0 Å². The molecule has 0 saturated carbocycles. The summed E-state index contributed by atoms with van der Waals surface area (Å²) < 4.78 is 36.6. The molecule has 122 valence electrons. The lowest BCUT2D eigenvalue weighted by atomic mass is 9.76. The number of alkyl halides is 3. The van der Waals surface area contributed by atoms with Crippen molar-refractivity contribution in [2.45, 2.75) is 51.7 Å². The maximum absolute atomic E-state index is 12.2. The molecular formula is C13H21F3N2O3. The third-order valence-corrected chi connectivity index (χ3v) is 4.05. The molecule has 1 aliphatic rings. The van der Waals surface area contributed by atoms with Gasteiger partial charge in [0.25, 0.3) is 0 Å². The van der Waals surface area contributed by atoms with Crippen molar-refractivity contribution >= 4 is 12.0 Å². The predicted molar refractivity (Wildman–Crippen MR) is 69.8 cm³/mol. The van der Waals surface area contributed by atoms with Gasteiger partial charge in [-0.05, 0) is 26.2 Å². The van der Waals surface area contributed by atoms with Gasteiger partial charge >= 0.3 is 18.2 Å². The van der Waals surface area contributed by atoms with E-state index in [-0.39, 0.29) is 13.1 Å². The highest BCUT2D eigenvalue weighted by atomic mass is 19.4. The van der Waals surface area contributed by atoms with E-state index >= 15 is 0 Å². The van der Waals surface area contributed by atoms with Crippen LogP contribution in [0, 0.1) is 5.41 Å². The zero-order valence-corrected chi connectivity index (χ0v) is 12.2. The fourth-order valence-corrected chi connectivity index (χ4v) is 2.56. The van der Waals surface area contributed by atoms with Crippen LogP contribution in [0.5, 0.6) is 0 Å². The Kier molecular flexibility index (Phi) is 5.47. The monoisotopic (exact) mass is 310 g/mol. The fraction of sp³-hybridized carbons (Fsp3) is 0.846. The number of nitrogens with one attached hydrogen (secondary N) is 1. The minimum absolute atomic E-state index is 0.241. The van der Waals surface area contributed by atoms with Crippen LogP contribution in [0.4, 0.5) is 18.0 Å². The van der Waals surface area contributed by atoms with Crippen molar-refractivity contribution in [3.8, 4) is 0 Å². The summed E-state index contributed by atoms with van der Waals surface area (Å²) >= 11 is 0. The molecule has 1 rings (SSSR count). The van der Waals surface area contributed by atoms with Crippen LogP contribution in [-0.4, -0.2) is 47.3 Å². The molecule has 0 aromatic rings. The Balaban J connectivity index is 2.51. The highest BCUT2D eigenvalue weighted by molar-refractivity contribution is 5.77. The number of halogens is 3. The second-order valence-electron chi connectivity index (χ2n) is 5.60. The van der Waals surface area contributed by atoms with Crippen molar-refractivity contribution < 1.29 is 27.9 Å². The number of urea groups is 1. The quantitative estimate of drug-likeness (QED) is 0.838. The number of rotatable bonds is 4. The number of carboxylic acids is 1. The van der Waals surface area contributed by atoms with Gasteiger partial charge in [-0.15, -0.1) is 0 Å². The Hall–Kier alpha value is -1.47. The first-order valence-corrected chi connectivity index (χ1v) is 6.95. The van der Waals surface area contributed by atoms with Crippen molar-refractivity contribution in [1.82, 2.24) is 10.2 Å². The minimum atomic E-state index is -4.32. The first-order valence-electron chi connectivity index (χ1n) is 6.95.